The average molecular weight is 224 g/mol. The maximum Gasteiger partial charge on any atom is 0.123 e. The fraction of sp³-hybridized carbons (Fsp3) is 0.929. The monoisotopic (exact) mass is 224 g/mol. The molecule has 0 aromatic carbocycles. The highest BCUT2D eigenvalue weighted by molar-refractivity contribution is 5.53. The molecule has 0 amide bonds. The van der Waals surface area contributed by atoms with E-state index in [4.69, 9.17) is 0 Å². The summed E-state index contributed by atoms with van der Waals surface area (Å²) in [5.41, 5.74) is 0.205. The number of carbonyl (C=O) groups excluding carboxylic acids is 1. The van der Waals surface area contributed by atoms with E-state index in [9.17, 15) is 9.90 Å². The van der Waals surface area contributed by atoms with Gasteiger partial charge in [0.15, 0.2) is 0 Å². The van der Waals surface area contributed by atoms with Crippen LogP contribution in [0.5, 0.6) is 0 Å². The fourth-order valence-corrected chi connectivity index (χ4v) is 4.35. The number of hydrogen-bond donors (Lipinski definition) is 1. The number of rotatable bonds is 2. The normalized spacial score (nSPS) is 45.8. The standard InChI is InChI=1S/C14H24O2/c1-10(9-15)11-5-3-6-12-13(16)7-4-8-14(11,12)2/h9-13,16H,3-8H2,1-2H3/t10-,11?,12?,13+,14-/m1/s1. The second-order valence-corrected chi connectivity index (χ2v) is 6.10. The molecule has 0 spiro atoms. The molecule has 1 N–H and O–H groups in total. The van der Waals surface area contributed by atoms with Gasteiger partial charge in [-0.25, -0.2) is 0 Å². The van der Waals surface area contributed by atoms with Crippen LogP contribution < -0.4 is 0 Å². The van der Waals surface area contributed by atoms with Crippen molar-refractivity contribution in [3.05, 3.63) is 0 Å². The molecule has 2 aliphatic carbocycles. The number of fused-ring (bicyclic) bond motifs is 1. The number of aldehydes is 1. The zero-order valence-electron chi connectivity index (χ0n) is 10.5. The summed E-state index contributed by atoms with van der Waals surface area (Å²) < 4.78 is 0. The van der Waals surface area contributed by atoms with Crippen molar-refractivity contribution in [3.8, 4) is 0 Å². The zero-order chi connectivity index (χ0) is 11.8. The van der Waals surface area contributed by atoms with Gasteiger partial charge in [-0.15, -0.1) is 0 Å². The van der Waals surface area contributed by atoms with Crippen LogP contribution in [0.25, 0.3) is 0 Å². The van der Waals surface area contributed by atoms with E-state index in [-0.39, 0.29) is 17.4 Å². The molecule has 2 unspecified atom stereocenters. The summed E-state index contributed by atoms with van der Waals surface area (Å²) in [6.07, 6.45) is 7.76. The molecule has 0 heterocycles. The van der Waals surface area contributed by atoms with Crippen LogP contribution in [0.15, 0.2) is 0 Å². The highest BCUT2D eigenvalue weighted by Crippen LogP contribution is 2.55. The molecule has 92 valence electrons. The Kier molecular flexibility index (Phi) is 3.39. The van der Waals surface area contributed by atoms with Crippen LogP contribution in [0, 0.1) is 23.2 Å². The first kappa shape index (κ1) is 12.1. The molecule has 0 bridgehead atoms. The van der Waals surface area contributed by atoms with E-state index in [0.29, 0.717) is 11.8 Å². The molecule has 5 atom stereocenters. The van der Waals surface area contributed by atoms with E-state index in [1.54, 1.807) is 0 Å². The number of aliphatic hydroxyl groups excluding tert-OH is 1. The molecule has 2 rings (SSSR count). The van der Waals surface area contributed by atoms with Crippen molar-refractivity contribution < 1.29 is 9.90 Å². The molecule has 2 nitrogen and oxygen atoms in total. The maximum atomic E-state index is 11.0. The highest BCUT2D eigenvalue weighted by atomic mass is 16.3. The lowest BCUT2D eigenvalue weighted by molar-refractivity contribution is -0.122. The van der Waals surface area contributed by atoms with E-state index < -0.39 is 0 Å². The number of aliphatic hydroxyl groups is 1. The van der Waals surface area contributed by atoms with Crippen LogP contribution in [-0.4, -0.2) is 17.5 Å². The molecule has 2 aliphatic rings. The fourth-order valence-electron chi connectivity index (χ4n) is 4.35. The smallest absolute Gasteiger partial charge is 0.123 e. The van der Waals surface area contributed by atoms with Crippen LogP contribution in [-0.2, 0) is 4.79 Å². The Morgan fingerprint density at radius 2 is 2.06 bits per heavy atom. The Labute approximate surface area is 98.4 Å². The van der Waals surface area contributed by atoms with Crippen LogP contribution in [0.1, 0.15) is 52.4 Å². The van der Waals surface area contributed by atoms with Crippen LogP contribution in [0.3, 0.4) is 0 Å². The number of hydrogen-bond acceptors (Lipinski definition) is 2. The lowest BCUT2D eigenvalue weighted by Gasteiger charge is -2.53. The number of carbonyl (C=O) groups is 1. The Morgan fingerprint density at radius 3 is 2.75 bits per heavy atom. The van der Waals surface area contributed by atoms with Crippen LogP contribution in [0.2, 0.25) is 0 Å². The van der Waals surface area contributed by atoms with Crippen molar-refractivity contribution in [2.24, 2.45) is 23.2 Å². The zero-order valence-corrected chi connectivity index (χ0v) is 10.5. The van der Waals surface area contributed by atoms with E-state index in [1.165, 1.54) is 19.3 Å². The lowest BCUT2D eigenvalue weighted by Crippen LogP contribution is -2.49. The third-order valence-electron chi connectivity index (χ3n) is 5.25. The second-order valence-electron chi connectivity index (χ2n) is 6.10. The van der Waals surface area contributed by atoms with E-state index in [1.807, 2.05) is 6.92 Å². The molecule has 16 heavy (non-hydrogen) atoms. The Hall–Kier alpha value is -0.370. The van der Waals surface area contributed by atoms with E-state index >= 15 is 0 Å². The van der Waals surface area contributed by atoms with Crippen molar-refractivity contribution in [1.29, 1.82) is 0 Å². The lowest BCUT2D eigenvalue weighted by atomic mass is 9.52. The molecule has 2 heteroatoms. The van der Waals surface area contributed by atoms with Crippen molar-refractivity contribution in [2.75, 3.05) is 0 Å². The average Bonchev–Trinajstić information content (AvgIpc) is 2.27. The Morgan fingerprint density at radius 1 is 1.31 bits per heavy atom. The molecule has 0 aliphatic heterocycles. The third kappa shape index (κ3) is 1.81. The SMILES string of the molecule is C[C@H](C=O)C1CCCC2[C@@H](O)CCC[C@]12C. The summed E-state index contributed by atoms with van der Waals surface area (Å²) in [6, 6.07) is 0. The summed E-state index contributed by atoms with van der Waals surface area (Å²) in [5, 5.41) is 10.2. The van der Waals surface area contributed by atoms with Gasteiger partial charge < -0.3 is 9.90 Å². The minimum Gasteiger partial charge on any atom is -0.393 e. The van der Waals surface area contributed by atoms with Gasteiger partial charge in [-0.1, -0.05) is 26.7 Å². The first-order valence-electron chi connectivity index (χ1n) is 6.73. The maximum absolute atomic E-state index is 11.0. The largest absolute Gasteiger partial charge is 0.393 e. The first-order valence-corrected chi connectivity index (χ1v) is 6.73. The molecule has 2 saturated carbocycles. The molecular weight excluding hydrogens is 200 g/mol. The minimum atomic E-state index is -0.125. The Bertz CT molecular complexity index is 263. The second kappa shape index (κ2) is 4.48. The van der Waals surface area contributed by atoms with E-state index in [0.717, 1.165) is 25.5 Å². The van der Waals surface area contributed by atoms with Gasteiger partial charge in [0.25, 0.3) is 0 Å². The van der Waals surface area contributed by atoms with Crippen LogP contribution >= 0.6 is 0 Å². The predicted molar refractivity (Wildman–Crippen MR) is 64.0 cm³/mol. The topological polar surface area (TPSA) is 37.3 Å². The van der Waals surface area contributed by atoms with Gasteiger partial charge in [0.05, 0.1) is 6.10 Å². The van der Waals surface area contributed by atoms with Gasteiger partial charge >= 0.3 is 0 Å². The quantitative estimate of drug-likeness (QED) is 0.732. The summed E-state index contributed by atoms with van der Waals surface area (Å²) >= 11 is 0. The van der Waals surface area contributed by atoms with Crippen molar-refractivity contribution in [1.82, 2.24) is 0 Å². The van der Waals surface area contributed by atoms with E-state index in [2.05, 4.69) is 6.92 Å². The molecule has 0 radical (unpaired) electrons. The minimum absolute atomic E-state index is 0.125. The molecule has 0 aromatic rings. The molecule has 0 aromatic heterocycles. The summed E-state index contributed by atoms with van der Waals surface area (Å²) in [6.45, 7) is 4.36. The van der Waals surface area contributed by atoms with Gasteiger partial charge in [-0.2, -0.15) is 0 Å². The van der Waals surface area contributed by atoms with Gasteiger partial charge in [0.1, 0.15) is 6.29 Å². The molecule has 2 fully saturated rings. The summed E-state index contributed by atoms with van der Waals surface area (Å²) in [7, 11) is 0. The summed E-state index contributed by atoms with van der Waals surface area (Å²) in [5.74, 6) is 1.07. The van der Waals surface area contributed by atoms with Gasteiger partial charge in [0, 0.05) is 5.92 Å². The van der Waals surface area contributed by atoms with Crippen molar-refractivity contribution in [2.45, 2.75) is 58.5 Å². The van der Waals surface area contributed by atoms with Crippen molar-refractivity contribution >= 4 is 6.29 Å². The van der Waals surface area contributed by atoms with Crippen molar-refractivity contribution in [3.63, 3.8) is 0 Å². The Balaban J connectivity index is 2.23. The highest BCUT2D eigenvalue weighted by Gasteiger charge is 2.49. The molecular formula is C14H24O2. The first-order chi connectivity index (χ1) is 7.59. The third-order valence-corrected chi connectivity index (χ3v) is 5.25. The summed E-state index contributed by atoms with van der Waals surface area (Å²) in [4.78, 5) is 11.0. The predicted octanol–water partition coefficient (Wildman–Crippen LogP) is 2.79. The van der Waals surface area contributed by atoms with Gasteiger partial charge in [-0.3, -0.25) is 0 Å². The molecule has 0 saturated heterocycles. The van der Waals surface area contributed by atoms with Gasteiger partial charge in [0.2, 0.25) is 0 Å². The van der Waals surface area contributed by atoms with Gasteiger partial charge in [-0.05, 0) is 42.9 Å². The van der Waals surface area contributed by atoms with Crippen LogP contribution in [0.4, 0.5) is 0 Å².